The number of hydrogen-bond donors (Lipinski definition) is 1. The fourth-order valence-corrected chi connectivity index (χ4v) is 2.43. The van der Waals surface area contributed by atoms with Crippen molar-refractivity contribution >= 4 is 17.3 Å². The highest BCUT2D eigenvalue weighted by Gasteiger charge is 2.35. The Balaban J connectivity index is 2.27. The van der Waals surface area contributed by atoms with Crippen LogP contribution in [0.2, 0.25) is 0 Å². The van der Waals surface area contributed by atoms with Crippen LogP contribution in [-0.2, 0) is 6.42 Å². The van der Waals surface area contributed by atoms with Gasteiger partial charge in [0.25, 0.3) is 0 Å². The van der Waals surface area contributed by atoms with Crippen molar-refractivity contribution in [2.75, 3.05) is 0 Å². The van der Waals surface area contributed by atoms with Gasteiger partial charge in [-0.25, -0.2) is 9.78 Å². The maximum atomic E-state index is 12.1. The lowest BCUT2D eigenvalue weighted by Gasteiger charge is -2.01. The normalized spacial score (nSPS) is 16.4. The number of thiazole rings is 1. The van der Waals surface area contributed by atoms with Gasteiger partial charge < -0.3 is 5.11 Å². The van der Waals surface area contributed by atoms with Crippen LogP contribution in [0.1, 0.15) is 39.1 Å². The fourth-order valence-electron chi connectivity index (χ4n) is 1.41. The smallest absolute Gasteiger partial charge is 0.395 e. The SMILES string of the molecule is O=C(O)c1sc(CC(F)(F)F)nc1C1CC1. The van der Waals surface area contributed by atoms with Crippen molar-refractivity contribution in [3.63, 3.8) is 0 Å². The van der Waals surface area contributed by atoms with Crippen LogP contribution in [0.15, 0.2) is 0 Å². The quantitative estimate of drug-likeness (QED) is 0.898. The highest BCUT2D eigenvalue weighted by molar-refractivity contribution is 7.13. The zero-order chi connectivity index (χ0) is 11.9. The minimum Gasteiger partial charge on any atom is -0.477 e. The third kappa shape index (κ3) is 2.52. The number of nitrogens with zero attached hydrogens (tertiary/aromatic N) is 1. The van der Waals surface area contributed by atoms with Gasteiger partial charge in [0.05, 0.1) is 12.1 Å². The van der Waals surface area contributed by atoms with E-state index in [1.54, 1.807) is 0 Å². The molecule has 2 rings (SSSR count). The second kappa shape index (κ2) is 3.73. The van der Waals surface area contributed by atoms with E-state index in [2.05, 4.69) is 4.98 Å². The van der Waals surface area contributed by atoms with E-state index in [-0.39, 0.29) is 15.8 Å². The van der Waals surface area contributed by atoms with E-state index in [0.29, 0.717) is 17.0 Å². The molecular formula is C9H8F3NO2S. The molecule has 0 amide bonds. The molecule has 1 fully saturated rings. The first-order chi connectivity index (χ1) is 7.37. The minimum atomic E-state index is -4.34. The first kappa shape index (κ1) is 11.4. The summed E-state index contributed by atoms with van der Waals surface area (Å²) in [5, 5.41) is 8.68. The number of carboxylic acid groups (broad SMARTS) is 1. The predicted octanol–water partition coefficient (Wildman–Crippen LogP) is 2.82. The largest absolute Gasteiger partial charge is 0.477 e. The summed E-state index contributed by atoms with van der Waals surface area (Å²) < 4.78 is 36.4. The van der Waals surface area contributed by atoms with Crippen molar-refractivity contribution in [2.45, 2.75) is 31.4 Å². The molecule has 0 atom stereocenters. The molecular weight excluding hydrogens is 243 g/mol. The number of alkyl halides is 3. The first-order valence-electron chi connectivity index (χ1n) is 4.66. The van der Waals surface area contributed by atoms with Crippen molar-refractivity contribution in [1.29, 1.82) is 0 Å². The van der Waals surface area contributed by atoms with Gasteiger partial charge in [0.15, 0.2) is 0 Å². The molecule has 0 spiro atoms. The molecule has 1 N–H and O–H groups in total. The second-order valence-electron chi connectivity index (χ2n) is 3.69. The van der Waals surface area contributed by atoms with Gasteiger partial charge in [0.1, 0.15) is 9.88 Å². The van der Waals surface area contributed by atoms with Gasteiger partial charge in [-0.15, -0.1) is 11.3 Å². The lowest BCUT2D eigenvalue weighted by Crippen LogP contribution is -2.11. The van der Waals surface area contributed by atoms with Crippen molar-refractivity contribution in [3.05, 3.63) is 15.6 Å². The Labute approximate surface area is 92.9 Å². The molecule has 1 aliphatic rings. The lowest BCUT2D eigenvalue weighted by molar-refractivity contribution is -0.127. The molecule has 3 nitrogen and oxygen atoms in total. The molecule has 0 unspecified atom stereocenters. The standard InChI is InChI=1S/C9H8F3NO2S/c10-9(11,12)3-5-13-6(4-1-2-4)7(16-5)8(14)15/h4H,1-3H2,(H,14,15). The summed E-state index contributed by atoms with van der Waals surface area (Å²) in [7, 11) is 0. The number of hydrogen-bond acceptors (Lipinski definition) is 3. The van der Waals surface area contributed by atoms with E-state index >= 15 is 0 Å². The van der Waals surface area contributed by atoms with Gasteiger partial charge >= 0.3 is 12.1 Å². The van der Waals surface area contributed by atoms with Crippen molar-refractivity contribution in [3.8, 4) is 0 Å². The van der Waals surface area contributed by atoms with Gasteiger partial charge in [-0.05, 0) is 12.8 Å². The average molecular weight is 251 g/mol. The van der Waals surface area contributed by atoms with Crippen LogP contribution < -0.4 is 0 Å². The predicted molar refractivity (Wildman–Crippen MR) is 50.8 cm³/mol. The molecule has 88 valence electrons. The molecule has 1 aliphatic carbocycles. The monoisotopic (exact) mass is 251 g/mol. The van der Waals surface area contributed by atoms with E-state index in [0.717, 1.165) is 12.8 Å². The van der Waals surface area contributed by atoms with Gasteiger partial charge in [0, 0.05) is 5.92 Å². The number of aromatic carboxylic acids is 1. The van der Waals surface area contributed by atoms with Crippen molar-refractivity contribution < 1.29 is 23.1 Å². The fraction of sp³-hybridized carbons (Fsp3) is 0.556. The molecule has 0 aromatic carbocycles. The zero-order valence-electron chi connectivity index (χ0n) is 8.04. The van der Waals surface area contributed by atoms with Crippen LogP contribution in [0, 0.1) is 0 Å². The van der Waals surface area contributed by atoms with Crippen LogP contribution >= 0.6 is 11.3 Å². The molecule has 7 heteroatoms. The first-order valence-corrected chi connectivity index (χ1v) is 5.48. The van der Waals surface area contributed by atoms with E-state index in [9.17, 15) is 18.0 Å². The van der Waals surface area contributed by atoms with Crippen LogP contribution in [0.4, 0.5) is 13.2 Å². The number of rotatable bonds is 3. The maximum absolute atomic E-state index is 12.1. The summed E-state index contributed by atoms with van der Waals surface area (Å²) in [4.78, 5) is 14.6. The molecule has 0 bridgehead atoms. The third-order valence-electron chi connectivity index (χ3n) is 2.21. The zero-order valence-corrected chi connectivity index (χ0v) is 8.86. The Kier molecular flexibility index (Phi) is 2.65. The van der Waals surface area contributed by atoms with Crippen molar-refractivity contribution in [1.82, 2.24) is 4.98 Å². The van der Waals surface area contributed by atoms with Crippen LogP contribution in [0.5, 0.6) is 0 Å². The number of carboxylic acids is 1. The van der Waals surface area contributed by atoms with Crippen LogP contribution in [0.25, 0.3) is 0 Å². The molecule has 16 heavy (non-hydrogen) atoms. The molecule has 0 saturated heterocycles. The number of carbonyl (C=O) groups is 1. The molecule has 0 aliphatic heterocycles. The average Bonchev–Trinajstić information content (AvgIpc) is 2.86. The number of aromatic nitrogens is 1. The molecule has 1 saturated carbocycles. The molecule has 1 aromatic rings. The Morgan fingerprint density at radius 2 is 2.12 bits per heavy atom. The summed E-state index contributed by atoms with van der Waals surface area (Å²) in [5.74, 6) is -1.14. The van der Waals surface area contributed by atoms with Crippen molar-refractivity contribution in [2.24, 2.45) is 0 Å². The summed E-state index contributed by atoms with van der Waals surface area (Å²) in [6.45, 7) is 0. The van der Waals surface area contributed by atoms with Gasteiger partial charge in [-0.3, -0.25) is 0 Å². The lowest BCUT2D eigenvalue weighted by atomic mass is 10.2. The van der Waals surface area contributed by atoms with E-state index in [4.69, 9.17) is 5.11 Å². The van der Waals surface area contributed by atoms with Crippen LogP contribution in [-0.4, -0.2) is 22.2 Å². The Bertz CT molecular complexity index is 423. The highest BCUT2D eigenvalue weighted by atomic mass is 32.1. The maximum Gasteiger partial charge on any atom is 0.395 e. The van der Waals surface area contributed by atoms with Gasteiger partial charge in [-0.2, -0.15) is 13.2 Å². The van der Waals surface area contributed by atoms with E-state index in [1.807, 2.05) is 0 Å². The molecule has 1 aromatic heterocycles. The Morgan fingerprint density at radius 3 is 2.56 bits per heavy atom. The summed E-state index contributed by atoms with van der Waals surface area (Å²) >= 11 is 0.632. The van der Waals surface area contributed by atoms with Crippen LogP contribution in [0.3, 0.4) is 0 Å². The Hall–Kier alpha value is -1.11. The highest BCUT2D eigenvalue weighted by Crippen LogP contribution is 2.43. The van der Waals surface area contributed by atoms with Gasteiger partial charge in [-0.1, -0.05) is 0 Å². The van der Waals surface area contributed by atoms with E-state index < -0.39 is 18.6 Å². The Morgan fingerprint density at radius 1 is 1.50 bits per heavy atom. The minimum absolute atomic E-state index is 0.0400. The summed E-state index contributed by atoms with van der Waals surface area (Å²) in [5.41, 5.74) is 0.330. The summed E-state index contributed by atoms with van der Waals surface area (Å²) in [6.07, 6.45) is -3.86. The number of halogens is 3. The van der Waals surface area contributed by atoms with Gasteiger partial charge in [0.2, 0.25) is 0 Å². The second-order valence-corrected chi connectivity index (χ2v) is 4.78. The third-order valence-corrected chi connectivity index (χ3v) is 3.27. The topological polar surface area (TPSA) is 50.2 Å². The molecule has 0 radical (unpaired) electrons. The molecule has 1 heterocycles. The van der Waals surface area contributed by atoms with E-state index in [1.165, 1.54) is 0 Å². The summed E-state index contributed by atoms with van der Waals surface area (Å²) in [6, 6.07) is 0.